The van der Waals surface area contributed by atoms with E-state index >= 15 is 0 Å². The van der Waals surface area contributed by atoms with E-state index in [0.717, 1.165) is 18.2 Å². The van der Waals surface area contributed by atoms with Gasteiger partial charge in [-0.25, -0.2) is 9.59 Å². The third kappa shape index (κ3) is 2.83. The number of aromatic carboxylic acids is 2. The van der Waals surface area contributed by atoms with Gasteiger partial charge in [0, 0.05) is 6.54 Å². The molecule has 0 fully saturated rings. The van der Waals surface area contributed by atoms with E-state index in [1.54, 1.807) is 0 Å². The van der Waals surface area contributed by atoms with Crippen LogP contribution in [0.5, 0.6) is 0 Å². The summed E-state index contributed by atoms with van der Waals surface area (Å²) in [7, 11) is 0. The van der Waals surface area contributed by atoms with Gasteiger partial charge in [0.25, 0.3) is 0 Å². The van der Waals surface area contributed by atoms with Gasteiger partial charge in [-0.2, -0.15) is 0 Å². The highest BCUT2D eigenvalue weighted by atomic mass is 16.4. The van der Waals surface area contributed by atoms with Crippen molar-refractivity contribution in [2.24, 2.45) is 5.73 Å². The van der Waals surface area contributed by atoms with Gasteiger partial charge in [-0.1, -0.05) is 6.07 Å². The second-order valence-corrected chi connectivity index (χ2v) is 3.66. The number of benzene rings is 1. The molecule has 0 aliphatic carbocycles. The van der Waals surface area contributed by atoms with Crippen LogP contribution in [-0.4, -0.2) is 45.0 Å². The Hall–Kier alpha value is -1.96. The van der Waals surface area contributed by atoms with E-state index in [0.29, 0.717) is 0 Å². The normalized spacial score (nSPS) is 13.9. The van der Waals surface area contributed by atoms with Crippen LogP contribution in [-0.2, 0) is 0 Å². The Labute approximate surface area is 102 Å². The molecule has 18 heavy (non-hydrogen) atoms. The molecule has 1 aromatic carbocycles. The first kappa shape index (κ1) is 14.1. The van der Waals surface area contributed by atoms with E-state index in [-0.39, 0.29) is 23.2 Å². The van der Waals surface area contributed by atoms with Crippen LogP contribution >= 0.6 is 0 Å². The van der Waals surface area contributed by atoms with E-state index in [4.69, 9.17) is 15.9 Å². The second kappa shape index (κ2) is 5.58. The van der Waals surface area contributed by atoms with Crippen molar-refractivity contribution in [1.29, 1.82) is 0 Å². The molecule has 0 bridgehead atoms. The standard InChI is InChI=1S/C11H13NO6/c12-4-8(13)9(14)6-2-1-5(10(15)16)3-7(6)11(17)18/h1-3,8-9,13-14H,4,12H2,(H,15,16)(H,17,18). The topological polar surface area (TPSA) is 141 Å². The summed E-state index contributed by atoms with van der Waals surface area (Å²) in [5.74, 6) is -2.67. The number of hydrogen-bond acceptors (Lipinski definition) is 5. The monoisotopic (exact) mass is 255 g/mol. The molecule has 1 rings (SSSR count). The van der Waals surface area contributed by atoms with E-state index in [9.17, 15) is 19.8 Å². The molecule has 7 heteroatoms. The molecule has 0 spiro atoms. The molecule has 7 nitrogen and oxygen atoms in total. The molecule has 1 aromatic rings. The molecule has 2 unspecified atom stereocenters. The summed E-state index contributed by atoms with van der Waals surface area (Å²) in [6.07, 6.45) is -2.80. The van der Waals surface area contributed by atoms with Crippen molar-refractivity contribution >= 4 is 11.9 Å². The van der Waals surface area contributed by atoms with E-state index in [1.165, 1.54) is 0 Å². The molecule has 2 atom stereocenters. The summed E-state index contributed by atoms with van der Waals surface area (Å²) in [5.41, 5.74) is 4.49. The summed E-state index contributed by atoms with van der Waals surface area (Å²) in [5, 5.41) is 36.8. The molecular weight excluding hydrogens is 242 g/mol. The predicted octanol–water partition coefficient (Wildman–Crippen LogP) is -0.564. The highest BCUT2D eigenvalue weighted by molar-refractivity contribution is 5.95. The minimum Gasteiger partial charge on any atom is -0.478 e. The zero-order valence-electron chi connectivity index (χ0n) is 9.28. The van der Waals surface area contributed by atoms with Gasteiger partial charge in [0.05, 0.1) is 17.2 Å². The quantitative estimate of drug-likeness (QED) is 0.474. The van der Waals surface area contributed by atoms with Crippen LogP contribution in [0.4, 0.5) is 0 Å². The lowest BCUT2D eigenvalue weighted by atomic mass is 9.96. The fraction of sp³-hybridized carbons (Fsp3) is 0.273. The first-order chi connectivity index (χ1) is 8.38. The van der Waals surface area contributed by atoms with Crippen LogP contribution in [0.15, 0.2) is 18.2 Å². The Balaban J connectivity index is 3.27. The van der Waals surface area contributed by atoms with Crippen molar-refractivity contribution in [3.8, 4) is 0 Å². The average Bonchev–Trinajstić information content (AvgIpc) is 2.35. The second-order valence-electron chi connectivity index (χ2n) is 3.66. The molecule has 98 valence electrons. The lowest BCUT2D eigenvalue weighted by Gasteiger charge is -2.18. The molecule has 0 saturated carbocycles. The SMILES string of the molecule is NCC(O)C(O)c1ccc(C(=O)O)cc1C(=O)O. The molecule has 0 aliphatic heterocycles. The van der Waals surface area contributed by atoms with Crippen molar-refractivity contribution < 1.29 is 30.0 Å². The molecule has 0 saturated heterocycles. The maximum absolute atomic E-state index is 11.0. The van der Waals surface area contributed by atoms with Gasteiger partial charge in [-0.3, -0.25) is 0 Å². The molecular formula is C11H13NO6. The summed E-state index contributed by atoms with van der Waals surface area (Å²) in [6, 6.07) is 3.22. The van der Waals surface area contributed by atoms with Gasteiger partial charge in [-0.05, 0) is 17.7 Å². The fourth-order valence-electron chi connectivity index (χ4n) is 1.47. The summed E-state index contributed by atoms with van der Waals surface area (Å²) >= 11 is 0. The van der Waals surface area contributed by atoms with Crippen LogP contribution in [0.25, 0.3) is 0 Å². The lowest BCUT2D eigenvalue weighted by Crippen LogP contribution is -2.28. The Morgan fingerprint density at radius 3 is 2.22 bits per heavy atom. The highest BCUT2D eigenvalue weighted by Crippen LogP contribution is 2.22. The zero-order valence-corrected chi connectivity index (χ0v) is 9.28. The third-order valence-corrected chi connectivity index (χ3v) is 2.46. The molecule has 6 N–H and O–H groups in total. The zero-order chi connectivity index (χ0) is 13.9. The molecule has 0 aliphatic rings. The Morgan fingerprint density at radius 1 is 1.17 bits per heavy atom. The van der Waals surface area contributed by atoms with E-state index in [1.807, 2.05) is 0 Å². The van der Waals surface area contributed by atoms with Crippen LogP contribution < -0.4 is 5.73 Å². The van der Waals surface area contributed by atoms with Crippen molar-refractivity contribution in [1.82, 2.24) is 0 Å². The van der Waals surface area contributed by atoms with Crippen molar-refractivity contribution in [3.63, 3.8) is 0 Å². The van der Waals surface area contributed by atoms with E-state index < -0.39 is 24.1 Å². The smallest absolute Gasteiger partial charge is 0.336 e. The van der Waals surface area contributed by atoms with Crippen molar-refractivity contribution in [2.45, 2.75) is 12.2 Å². The maximum Gasteiger partial charge on any atom is 0.336 e. The number of carboxylic acid groups (broad SMARTS) is 2. The minimum absolute atomic E-state index is 0.0783. The first-order valence-electron chi connectivity index (χ1n) is 5.05. The van der Waals surface area contributed by atoms with Crippen molar-refractivity contribution in [2.75, 3.05) is 6.54 Å². The molecule has 0 aromatic heterocycles. The molecule has 0 heterocycles. The summed E-state index contributed by atoms with van der Waals surface area (Å²) in [6.45, 7) is -0.249. The average molecular weight is 255 g/mol. The first-order valence-corrected chi connectivity index (χ1v) is 5.05. The summed E-state index contributed by atoms with van der Waals surface area (Å²) < 4.78 is 0. The van der Waals surface area contributed by atoms with Gasteiger partial charge in [0.1, 0.15) is 6.10 Å². The Bertz CT molecular complexity index is 473. The molecule has 0 radical (unpaired) electrons. The Morgan fingerprint density at radius 2 is 1.78 bits per heavy atom. The van der Waals surface area contributed by atoms with E-state index in [2.05, 4.69) is 0 Å². The van der Waals surface area contributed by atoms with Crippen LogP contribution in [0.1, 0.15) is 32.4 Å². The number of aliphatic hydroxyl groups excluding tert-OH is 2. The van der Waals surface area contributed by atoms with Crippen LogP contribution in [0.3, 0.4) is 0 Å². The predicted molar refractivity (Wildman–Crippen MR) is 60.4 cm³/mol. The van der Waals surface area contributed by atoms with Crippen molar-refractivity contribution in [3.05, 3.63) is 34.9 Å². The number of hydrogen-bond donors (Lipinski definition) is 5. The number of carbonyl (C=O) groups is 2. The van der Waals surface area contributed by atoms with Crippen LogP contribution in [0, 0.1) is 0 Å². The number of carboxylic acids is 2. The van der Waals surface area contributed by atoms with Gasteiger partial charge < -0.3 is 26.2 Å². The summed E-state index contributed by atoms with van der Waals surface area (Å²) in [4.78, 5) is 21.7. The Kier molecular flexibility index (Phi) is 4.38. The largest absolute Gasteiger partial charge is 0.478 e. The number of aliphatic hydroxyl groups is 2. The van der Waals surface area contributed by atoms with Gasteiger partial charge in [0.2, 0.25) is 0 Å². The third-order valence-electron chi connectivity index (χ3n) is 2.46. The fourth-order valence-corrected chi connectivity index (χ4v) is 1.47. The highest BCUT2D eigenvalue weighted by Gasteiger charge is 2.23. The number of rotatable bonds is 5. The van der Waals surface area contributed by atoms with Crippen LogP contribution in [0.2, 0.25) is 0 Å². The number of nitrogens with two attached hydrogens (primary N) is 1. The minimum atomic E-state index is -1.48. The lowest BCUT2D eigenvalue weighted by molar-refractivity contribution is 0.0231. The maximum atomic E-state index is 11.0. The van der Waals surface area contributed by atoms with Gasteiger partial charge in [0.15, 0.2) is 0 Å². The van der Waals surface area contributed by atoms with Gasteiger partial charge >= 0.3 is 11.9 Å². The van der Waals surface area contributed by atoms with Gasteiger partial charge in [-0.15, -0.1) is 0 Å². The molecule has 0 amide bonds.